The van der Waals surface area contributed by atoms with E-state index in [0.29, 0.717) is 12.8 Å². The van der Waals surface area contributed by atoms with Crippen molar-refractivity contribution in [1.29, 1.82) is 0 Å². The number of likely N-dealkylation sites (N-methyl/N-ethyl adjacent to an activating group) is 1. The van der Waals surface area contributed by atoms with E-state index in [9.17, 15) is 13.2 Å². The number of aliphatic hydroxyl groups is 1. The molecular weight excluding hydrogens is 223 g/mol. The van der Waals surface area contributed by atoms with Gasteiger partial charge in [0.15, 0.2) is 0 Å². The second kappa shape index (κ2) is 7.09. The van der Waals surface area contributed by atoms with Crippen molar-refractivity contribution in [1.82, 2.24) is 5.32 Å². The van der Waals surface area contributed by atoms with Crippen LogP contribution >= 0.6 is 0 Å². The standard InChI is InChI=1S/C10H20F3NO2/c1-9(7-15,14-2)5-3-4-6-16-8-10(11,12)13/h14-15H,3-8H2,1-2H3. The number of halogens is 3. The minimum Gasteiger partial charge on any atom is -0.394 e. The first-order chi connectivity index (χ1) is 7.33. The van der Waals surface area contributed by atoms with Gasteiger partial charge < -0.3 is 15.2 Å². The third-order valence-electron chi connectivity index (χ3n) is 2.49. The quantitative estimate of drug-likeness (QED) is 0.638. The van der Waals surface area contributed by atoms with E-state index < -0.39 is 12.8 Å². The van der Waals surface area contributed by atoms with Crippen LogP contribution in [0.2, 0.25) is 0 Å². The van der Waals surface area contributed by atoms with E-state index in [1.807, 2.05) is 6.92 Å². The fraction of sp³-hybridized carbons (Fsp3) is 1.00. The zero-order valence-electron chi connectivity index (χ0n) is 9.73. The first kappa shape index (κ1) is 15.7. The molecule has 0 aliphatic rings. The molecule has 16 heavy (non-hydrogen) atoms. The van der Waals surface area contributed by atoms with E-state index in [1.165, 1.54) is 0 Å². The maximum atomic E-state index is 11.7. The highest BCUT2D eigenvalue weighted by molar-refractivity contribution is 4.79. The monoisotopic (exact) mass is 243 g/mol. The molecule has 0 fully saturated rings. The summed E-state index contributed by atoms with van der Waals surface area (Å²) in [4.78, 5) is 0. The molecule has 1 atom stereocenters. The fourth-order valence-corrected chi connectivity index (χ4v) is 1.19. The Kier molecular flexibility index (Phi) is 6.94. The van der Waals surface area contributed by atoms with Crippen LogP contribution in [0.5, 0.6) is 0 Å². The highest BCUT2D eigenvalue weighted by Gasteiger charge is 2.27. The van der Waals surface area contributed by atoms with Gasteiger partial charge in [0.05, 0.1) is 6.61 Å². The van der Waals surface area contributed by atoms with Gasteiger partial charge in [0, 0.05) is 12.1 Å². The predicted molar refractivity (Wildman–Crippen MR) is 55.3 cm³/mol. The van der Waals surface area contributed by atoms with Gasteiger partial charge in [-0.25, -0.2) is 0 Å². The molecule has 0 saturated carbocycles. The highest BCUT2D eigenvalue weighted by Crippen LogP contribution is 2.15. The molecule has 98 valence electrons. The summed E-state index contributed by atoms with van der Waals surface area (Å²) in [6, 6.07) is 0. The molecule has 2 N–H and O–H groups in total. The zero-order valence-corrected chi connectivity index (χ0v) is 9.73. The van der Waals surface area contributed by atoms with Crippen LogP contribution in [0.3, 0.4) is 0 Å². The minimum atomic E-state index is -4.25. The Labute approximate surface area is 94.0 Å². The zero-order chi connectivity index (χ0) is 12.7. The van der Waals surface area contributed by atoms with E-state index in [0.717, 1.165) is 6.42 Å². The molecule has 0 heterocycles. The average Bonchev–Trinajstić information content (AvgIpc) is 2.21. The number of hydrogen-bond donors (Lipinski definition) is 2. The van der Waals surface area contributed by atoms with Crippen molar-refractivity contribution in [2.75, 3.05) is 26.9 Å². The molecule has 6 heteroatoms. The van der Waals surface area contributed by atoms with Crippen molar-refractivity contribution in [2.24, 2.45) is 0 Å². The lowest BCUT2D eigenvalue weighted by atomic mass is 9.96. The van der Waals surface area contributed by atoms with Crippen LogP contribution in [0, 0.1) is 0 Å². The second-order valence-electron chi connectivity index (χ2n) is 4.09. The van der Waals surface area contributed by atoms with Crippen LogP contribution in [0.15, 0.2) is 0 Å². The molecule has 1 unspecified atom stereocenters. The lowest BCUT2D eigenvalue weighted by molar-refractivity contribution is -0.174. The van der Waals surface area contributed by atoms with Crippen molar-refractivity contribution < 1.29 is 23.0 Å². The van der Waals surface area contributed by atoms with Gasteiger partial charge in [-0.15, -0.1) is 0 Å². The molecule has 0 radical (unpaired) electrons. The predicted octanol–water partition coefficient (Wildman–Crippen LogP) is 1.71. The first-order valence-corrected chi connectivity index (χ1v) is 5.27. The van der Waals surface area contributed by atoms with Crippen LogP contribution in [0.4, 0.5) is 13.2 Å². The first-order valence-electron chi connectivity index (χ1n) is 5.27. The van der Waals surface area contributed by atoms with Crippen molar-refractivity contribution in [3.05, 3.63) is 0 Å². The van der Waals surface area contributed by atoms with Gasteiger partial charge in [0.25, 0.3) is 0 Å². The van der Waals surface area contributed by atoms with Gasteiger partial charge in [-0.2, -0.15) is 13.2 Å². The number of rotatable bonds is 8. The second-order valence-corrected chi connectivity index (χ2v) is 4.09. The Bertz CT molecular complexity index is 181. The summed E-state index contributed by atoms with van der Waals surface area (Å²) in [7, 11) is 1.75. The van der Waals surface area contributed by atoms with Crippen LogP contribution < -0.4 is 5.32 Å². The van der Waals surface area contributed by atoms with Crippen molar-refractivity contribution in [2.45, 2.75) is 37.9 Å². The van der Waals surface area contributed by atoms with Gasteiger partial charge in [-0.3, -0.25) is 0 Å². The van der Waals surface area contributed by atoms with E-state index >= 15 is 0 Å². The molecular formula is C10H20F3NO2. The summed E-state index contributed by atoms with van der Waals surface area (Å²) < 4.78 is 39.6. The number of alkyl halides is 3. The van der Waals surface area contributed by atoms with Gasteiger partial charge in [-0.1, -0.05) is 0 Å². The molecule has 0 rings (SSSR count). The number of ether oxygens (including phenoxy) is 1. The maximum Gasteiger partial charge on any atom is 0.411 e. The van der Waals surface area contributed by atoms with Crippen molar-refractivity contribution in [3.63, 3.8) is 0 Å². The number of nitrogens with one attached hydrogen (secondary N) is 1. The molecule has 0 aliphatic carbocycles. The number of aliphatic hydroxyl groups excluding tert-OH is 1. The van der Waals surface area contributed by atoms with Crippen molar-refractivity contribution in [3.8, 4) is 0 Å². The Morgan fingerprint density at radius 2 is 1.88 bits per heavy atom. The van der Waals surface area contributed by atoms with Gasteiger partial charge in [0.2, 0.25) is 0 Å². The number of hydrogen-bond acceptors (Lipinski definition) is 3. The van der Waals surface area contributed by atoms with E-state index in [-0.39, 0.29) is 18.8 Å². The average molecular weight is 243 g/mol. The summed E-state index contributed by atoms with van der Waals surface area (Å²) in [5, 5.41) is 12.0. The normalized spacial score (nSPS) is 16.1. The topological polar surface area (TPSA) is 41.5 Å². The summed E-state index contributed by atoms with van der Waals surface area (Å²) in [5.74, 6) is 0. The lowest BCUT2D eigenvalue weighted by Crippen LogP contribution is -2.43. The van der Waals surface area contributed by atoms with Crippen LogP contribution in [-0.2, 0) is 4.74 Å². The Hall–Kier alpha value is -0.330. The van der Waals surface area contributed by atoms with E-state index in [1.54, 1.807) is 7.05 Å². The van der Waals surface area contributed by atoms with Crippen LogP contribution in [-0.4, -0.2) is 43.7 Å². The lowest BCUT2D eigenvalue weighted by Gasteiger charge is -2.26. The summed E-state index contributed by atoms with van der Waals surface area (Å²) in [6.07, 6.45) is -2.26. The largest absolute Gasteiger partial charge is 0.411 e. The molecule has 0 aromatic rings. The Balaban J connectivity index is 3.47. The summed E-state index contributed by atoms with van der Waals surface area (Å²) >= 11 is 0. The Morgan fingerprint density at radius 1 is 1.25 bits per heavy atom. The van der Waals surface area contributed by atoms with Crippen LogP contribution in [0.25, 0.3) is 0 Å². The highest BCUT2D eigenvalue weighted by atomic mass is 19.4. The summed E-state index contributed by atoms with van der Waals surface area (Å²) in [5.41, 5.74) is -0.357. The maximum absolute atomic E-state index is 11.7. The molecule has 0 aromatic heterocycles. The molecule has 0 aromatic carbocycles. The fourth-order valence-electron chi connectivity index (χ4n) is 1.19. The number of unbranched alkanes of at least 4 members (excludes halogenated alkanes) is 1. The van der Waals surface area contributed by atoms with E-state index in [4.69, 9.17) is 5.11 Å². The SMILES string of the molecule is CNC(C)(CO)CCCCOCC(F)(F)F. The third kappa shape index (κ3) is 7.90. The third-order valence-corrected chi connectivity index (χ3v) is 2.49. The van der Waals surface area contributed by atoms with Gasteiger partial charge >= 0.3 is 6.18 Å². The molecule has 0 amide bonds. The van der Waals surface area contributed by atoms with Gasteiger partial charge in [-0.05, 0) is 33.2 Å². The van der Waals surface area contributed by atoms with Crippen LogP contribution in [0.1, 0.15) is 26.2 Å². The Morgan fingerprint density at radius 3 is 2.31 bits per heavy atom. The minimum absolute atomic E-state index is 0.00685. The smallest absolute Gasteiger partial charge is 0.394 e. The molecule has 0 spiro atoms. The van der Waals surface area contributed by atoms with Crippen molar-refractivity contribution >= 4 is 0 Å². The molecule has 0 saturated heterocycles. The molecule has 3 nitrogen and oxygen atoms in total. The summed E-state index contributed by atoms with van der Waals surface area (Å²) in [6.45, 7) is 0.789. The molecule has 0 aliphatic heterocycles. The van der Waals surface area contributed by atoms with E-state index in [2.05, 4.69) is 10.1 Å². The van der Waals surface area contributed by atoms with Gasteiger partial charge in [0.1, 0.15) is 6.61 Å². The molecule has 0 bridgehead atoms.